The highest BCUT2D eigenvalue weighted by molar-refractivity contribution is 5.39. The number of nitrogen functional groups attached to an aromatic ring is 1. The van der Waals surface area contributed by atoms with Crippen LogP contribution in [0.4, 0.5) is 29.3 Å². The molecule has 0 aliphatic carbocycles. The molecule has 1 unspecified atom stereocenters. The van der Waals surface area contributed by atoms with E-state index in [2.05, 4.69) is 15.3 Å². The van der Waals surface area contributed by atoms with Crippen LogP contribution in [-0.2, 0) is 0 Å². The van der Waals surface area contributed by atoms with Gasteiger partial charge in [0.25, 0.3) is 0 Å². The second-order valence-corrected chi connectivity index (χ2v) is 3.29. The van der Waals surface area contributed by atoms with Crippen molar-refractivity contribution in [3.05, 3.63) is 12.0 Å². The number of halogens is 4. The van der Waals surface area contributed by atoms with E-state index < -0.39 is 24.5 Å². The van der Waals surface area contributed by atoms with Gasteiger partial charge >= 0.3 is 6.18 Å². The van der Waals surface area contributed by atoms with Crippen LogP contribution in [0.2, 0.25) is 0 Å². The number of nitrogens with two attached hydrogens (primary N) is 1. The molecule has 0 bridgehead atoms. The van der Waals surface area contributed by atoms with Gasteiger partial charge in [-0.3, -0.25) is 0 Å². The minimum Gasteiger partial charge on any atom is -0.368 e. The van der Waals surface area contributed by atoms with Crippen LogP contribution in [0.5, 0.6) is 0 Å². The molecule has 1 rings (SSSR count). The summed E-state index contributed by atoms with van der Waals surface area (Å²) in [6.45, 7) is 1.27. The Morgan fingerprint density at radius 3 is 2.69 bits per heavy atom. The quantitative estimate of drug-likeness (QED) is 0.790. The second-order valence-electron chi connectivity index (χ2n) is 3.29. The number of hydrogen-bond donors (Lipinski definition) is 2. The first-order valence-corrected chi connectivity index (χ1v) is 4.39. The van der Waals surface area contributed by atoms with E-state index in [1.54, 1.807) is 0 Å². The van der Waals surface area contributed by atoms with E-state index in [9.17, 15) is 17.6 Å². The number of anilines is 2. The smallest absolute Gasteiger partial charge is 0.368 e. The summed E-state index contributed by atoms with van der Waals surface area (Å²) in [5, 5.41) is 2.28. The standard InChI is InChI=1S/C8H10F4N4/c1-4(2-8(10,11)12)15-6-5(9)3-14-7(13)16-6/h3-4H,2H2,1H3,(H3,13,14,15,16). The van der Waals surface area contributed by atoms with Crippen LogP contribution in [0.1, 0.15) is 13.3 Å². The van der Waals surface area contributed by atoms with E-state index in [0.717, 1.165) is 6.20 Å². The molecule has 0 amide bonds. The largest absolute Gasteiger partial charge is 0.391 e. The zero-order valence-corrected chi connectivity index (χ0v) is 8.35. The fourth-order valence-electron chi connectivity index (χ4n) is 1.11. The Bertz CT molecular complexity index is 366. The van der Waals surface area contributed by atoms with E-state index >= 15 is 0 Å². The van der Waals surface area contributed by atoms with Gasteiger partial charge in [-0.25, -0.2) is 9.37 Å². The topological polar surface area (TPSA) is 63.8 Å². The molecule has 0 fully saturated rings. The molecule has 0 aromatic carbocycles. The van der Waals surface area contributed by atoms with E-state index in [1.807, 2.05) is 0 Å². The summed E-state index contributed by atoms with van der Waals surface area (Å²) >= 11 is 0. The first kappa shape index (κ1) is 12.5. The lowest BCUT2D eigenvalue weighted by atomic mass is 10.2. The third-order valence-electron chi connectivity index (χ3n) is 1.68. The molecule has 0 saturated carbocycles. The van der Waals surface area contributed by atoms with Gasteiger partial charge in [0.05, 0.1) is 12.6 Å². The summed E-state index contributed by atoms with van der Waals surface area (Å²) in [4.78, 5) is 6.81. The molecule has 1 atom stereocenters. The maximum absolute atomic E-state index is 13.0. The van der Waals surface area contributed by atoms with Crippen LogP contribution in [-0.4, -0.2) is 22.2 Å². The molecule has 1 aromatic rings. The second kappa shape index (κ2) is 4.50. The molecule has 16 heavy (non-hydrogen) atoms. The van der Waals surface area contributed by atoms with Crippen molar-refractivity contribution in [2.75, 3.05) is 11.1 Å². The number of aromatic nitrogens is 2. The SMILES string of the molecule is CC(CC(F)(F)F)Nc1nc(N)ncc1F. The molecular weight excluding hydrogens is 228 g/mol. The lowest BCUT2D eigenvalue weighted by Crippen LogP contribution is -2.25. The van der Waals surface area contributed by atoms with E-state index in [-0.39, 0.29) is 11.8 Å². The third kappa shape index (κ3) is 3.87. The number of rotatable bonds is 3. The molecule has 0 spiro atoms. The van der Waals surface area contributed by atoms with Crippen molar-refractivity contribution in [1.82, 2.24) is 9.97 Å². The predicted octanol–water partition coefficient (Wildman–Crippen LogP) is 1.95. The maximum atomic E-state index is 13.0. The third-order valence-corrected chi connectivity index (χ3v) is 1.68. The normalized spacial score (nSPS) is 13.6. The van der Waals surface area contributed by atoms with Gasteiger partial charge in [-0.2, -0.15) is 18.2 Å². The highest BCUT2D eigenvalue weighted by Gasteiger charge is 2.30. The Hall–Kier alpha value is -1.60. The Balaban J connectivity index is 2.69. The molecule has 0 aliphatic heterocycles. The number of alkyl halides is 3. The Morgan fingerprint density at radius 2 is 2.12 bits per heavy atom. The van der Waals surface area contributed by atoms with Crippen LogP contribution in [0, 0.1) is 5.82 Å². The minimum absolute atomic E-state index is 0.205. The van der Waals surface area contributed by atoms with Gasteiger partial charge in [-0.15, -0.1) is 0 Å². The first-order chi connectivity index (χ1) is 7.28. The lowest BCUT2D eigenvalue weighted by Gasteiger charge is -2.16. The van der Waals surface area contributed by atoms with Crippen LogP contribution in [0.3, 0.4) is 0 Å². The van der Waals surface area contributed by atoms with Crippen LogP contribution in [0.15, 0.2) is 6.20 Å². The average molecular weight is 238 g/mol. The van der Waals surface area contributed by atoms with Crippen LogP contribution < -0.4 is 11.1 Å². The summed E-state index contributed by atoms with van der Waals surface area (Å²) in [6, 6.07) is -0.996. The molecule has 3 N–H and O–H groups in total. The number of nitrogens with one attached hydrogen (secondary N) is 1. The Labute approximate surface area is 88.9 Å². The van der Waals surface area contributed by atoms with Crippen molar-refractivity contribution in [3.8, 4) is 0 Å². The van der Waals surface area contributed by atoms with E-state index in [4.69, 9.17) is 5.73 Å². The summed E-state index contributed by atoms with van der Waals surface area (Å²) in [5.74, 6) is -1.38. The highest BCUT2D eigenvalue weighted by atomic mass is 19.4. The van der Waals surface area contributed by atoms with Crippen LogP contribution >= 0.6 is 0 Å². The predicted molar refractivity (Wildman–Crippen MR) is 50.2 cm³/mol. The van der Waals surface area contributed by atoms with Crippen LogP contribution in [0.25, 0.3) is 0 Å². The van der Waals surface area contributed by atoms with E-state index in [0.29, 0.717) is 0 Å². The van der Waals surface area contributed by atoms with Crippen molar-refractivity contribution >= 4 is 11.8 Å². The van der Waals surface area contributed by atoms with Gasteiger partial charge in [0, 0.05) is 6.04 Å². The fourth-order valence-corrected chi connectivity index (χ4v) is 1.11. The summed E-state index contributed by atoms with van der Waals surface area (Å²) < 4.78 is 49.0. The zero-order valence-electron chi connectivity index (χ0n) is 8.35. The summed E-state index contributed by atoms with van der Waals surface area (Å²) in [5.41, 5.74) is 5.18. The average Bonchev–Trinajstić information content (AvgIpc) is 2.08. The molecule has 8 heteroatoms. The Kier molecular flexibility index (Phi) is 3.51. The molecule has 0 radical (unpaired) electrons. The molecule has 0 saturated heterocycles. The molecule has 0 aliphatic rings. The first-order valence-electron chi connectivity index (χ1n) is 4.39. The Morgan fingerprint density at radius 1 is 1.50 bits per heavy atom. The summed E-state index contributed by atoms with van der Waals surface area (Å²) in [6.07, 6.45) is -4.61. The molecule has 90 valence electrons. The van der Waals surface area contributed by atoms with Gasteiger partial charge in [-0.1, -0.05) is 0 Å². The number of nitrogens with zero attached hydrogens (tertiary/aromatic N) is 2. The van der Waals surface area contributed by atoms with Gasteiger partial charge in [-0.05, 0) is 6.92 Å². The van der Waals surface area contributed by atoms with Gasteiger partial charge in [0.15, 0.2) is 11.6 Å². The number of hydrogen-bond acceptors (Lipinski definition) is 4. The zero-order chi connectivity index (χ0) is 12.3. The van der Waals surface area contributed by atoms with Crippen molar-refractivity contribution in [3.63, 3.8) is 0 Å². The van der Waals surface area contributed by atoms with Crippen molar-refractivity contribution < 1.29 is 17.6 Å². The molecule has 1 heterocycles. The van der Waals surface area contributed by atoms with Crippen molar-refractivity contribution in [2.24, 2.45) is 0 Å². The highest BCUT2D eigenvalue weighted by Crippen LogP contribution is 2.23. The van der Waals surface area contributed by atoms with Gasteiger partial charge in [0.1, 0.15) is 0 Å². The fraction of sp³-hybridized carbons (Fsp3) is 0.500. The maximum Gasteiger partial charge on any atom is 0.391 e. The lowest BCUT2D eigenvalue weighted by molar-refractivity contribution is -0.136. The monoisotopic (exact) mass is 238 g/mol. The van der Waals surface area contributed by atoms with Gasteiger partial charge in [0.2, 0.25) is 5.95 Å². The molecular formula is C8H10F4N4. The molecule has 1 aromatic heterocycles. The van der Waals surface area contributed by atoms with Crippen molar-refractivity contribution in [1.29, 1.82) is 0 Å². The van der Waals surface area contributed by atoms with Crippen molar-refractivity contribution in [2.45, 2.75) is 25.6 Å². The van der Waals surface area contributed by atoms with Gasteiger partial charge < -0.3 is 11.1 Å². The minimum atomic E-state index is -4.32. The summed E-state index contributed by atoms with van der Waals surface area (Å²) in [7, 11) is 0. The van der Waals surface area contributed by atoms with E-state index in [1.165, 1.54) is 6.92 Å². The molecule has 4 nitrogen and oxygen atoms in total.